The van der Waals surface area contributed by atoms with Gasteiger partial charge >= 0.3 is 6.18 Å². The van der Waals surface area contributed by atoms with Crippen molar-refractivity contribution in [3.8, 4) is 5.75 Å². The van der Waals surface area contributed by atoms with E-state index in [1.807, 2.05) is 17.5 Å². The van der Waals surface area contributed by atoms with E-state index in [9.17, 15) is 13.2 Å². The molecular formula is C14H14F3NOS. The predicted octanol–water partition coefficient (Wildman–Crippen LogP) is 4.23. The van der Waals surface area contributed by atoms with Gasteiger partial charge in [-0.1, -0.05) is 6.07 Å². The summed E-state index contributed by atoms with van der Waals surface area (Å²) in [7, 11) is 0. The molecular weight excluding hydrogens is 287 g/mol. The number of thiophene rings is 1. The lowest BCUT2D eigenvalue weighted by molar-refractivity contribution is -0.137. The van der Waals surface area contributed by atoms with Crippen molar-refractivity contribution >= 4 is 11.3 Å². The number of alkyl halides is 3. The van der Waals surface area contributed by atoms with Crippen molar-refractivity contribution in [2.24, 2.45) is 5.73 Å². The Labute approximate surface area is 119 Å². The van der Waals surface area contributed by atoms with Gasteiger partial charge in [0.25, 0.3) is 0 Å². The molecule has 0 spiro atoms. The van der Waals surface area contributed by atoms with Crippen LogP contribution in [-0.2, 0) is 6.18 Å². The predicted molar refractivity (Wildman–Crippen MR) is 72.8 cm³/mol. The lowest BCUT2D eigenvalue weighted by Crippen LogP contribution is -2.28. The highest BCUT2D eigenvalue weighted by atomic mass is 32.1. The topological polar surface area (TPSA) is 35.2 Å². The Balaban J connectivity index is 2.16. The number of rotatable bonds is 4. The Morgan fingerprint density at radius 3 is 2.25 bits per heavy atom. The maximum Gasteiger partial charge on any atom is 0.416 e. The van der Waals surface area contributed by atoms with E-state index in [0.29, 0.717) is 5.75 Å². The first-order chi connectivity index (χ1) is 9.38. The molecule has 2 atom stereocenters. The molecule has 0 aliphatic carbocycles. The van der Waals surface area contributed by atoms with Crippen molar-refractivity contribution in [3.63, 3.8) is 0 Å². The molecule has 0 fully saturated rings. The van der Waals surface area contributed by atoms with E-state index in [1.165, 1.54) is 23.5 Å². The smallest absolute Gasteiger partial charge is 0.416 e. The first-order valence-corrected chi connectivity index (χ1v) is 6.89. The normalized spacial score (nSPS) is 14.8. The summed E-state index contributed by atoms with van der Waals surface area (Å²) < 4.78 is 43.1. The number of hydrogen-bond acceptors (Lipinski definition) is 3. The van der Waals surface area contributed by atoms with Crippen LogP contribution in [0.3, 0.4) is 0 Å². The SMILES string of the molecule is CC(N)C(Oc1ccc(C(F)(F)F)cc1)c1cccs1. The zero-order valence-electron chi connectivity index (χ0n) is 10.7. The molecule has 2 aromatic rings. The van der Waals surface area contributed by atoms with E-state index in [4.69, 9.17) is 10.5 Å². The van der Waals surface area contributed by atoms with Gasteiger partial charge in [0, 0.05) is 10.9 Å². The molecule has 2 nitrogen and oxygen atoms in total. The molecule has 0 aliphatic rings. The molecule has 2 unspecified atom stereocenters. The van der Waals surface area contributed by atoms with Crippen LogP contribution in [0.4, 0.5) is 13.2 Å². The molecule has 1 aromatic heterocycles. The molecule has 1 heterocycles. The van der Waals surface area contributed by atoms with Crippen molar-refractivity contribution in [2.75, 3.05) is 0 Å². The maximum absolute atomic E-state index is 12.5. The van der Waals surface area contributed by atoms with Crippen LogP contribution in [0.5, 0.6) is 5.75 Å². The van der Waals surface area contributed by atoms with Gasteiger partial charge < -0.3 is 10.5 Å². The van der Waals surface area contributed by atoms with Crippen LogP contribution in [0.2, 0.25) is 0 Å². The summed E-state index contributed by atoms with van der Waals surface area (Å²) in [5, 5.41) is 1.90. The van der Waals surface area contributed by atoms with Gasteiger partial charge in [-0.2, -0.15) is 13.2 Å². The van der Waals surface area contributed by atoms with Crippen LogP contribution in [0.1, 0.15) is 23.5 Å². The van der Waals surface area contributed by atoms with Crippen LogP contribution in [0.15, 0.2) is 41.8 Å². The largest absolute Gasteiger partial charge is 0.483 e. The molecule has 0 amide bonds. The lowest BCUT2D eigenvalue weighted by Gasteiger charge is -2.21. The highest BCUT2D eigenvalue weighted by molar-refractivity contribution is 7.10. The second-order valence-electron chi connectivity index (χ2n) is 4.44. The number of halogens is 3. The van der Waals surface area contributed by atoms with Crippen LogP contribution >= 0.6 is 11.3 Å². The van der Waals surface area contributed by atoms with E-state index in [2.05, 4.69) is 0 Å². The van der Waals surface area contributed by atoms with Crippen molar-refractivity contribution in [3.05, 3.63) is 52.2 Å². The van der Waals surface area contributed by atoms with E-state index in [-0.39, 0.29) is 12.1 Å². The summed E-state index contributed by atoms with van der Waals surface area (Å²) in [5.41, 5.74) is 5.18. The quantitative estimate of drug-likeness (QED) is 0.917. The van der Waals surface area contributed by atoms with Gasteiger partial charge in [-0.15, -0.1) is 11.3 Å². The minimum atomic E-state index is -4.34. The Bertz CT molecular complexity index is 535. The van der Waals surface area contributed by atoms with Crippen molar-refractivity contribution < 1.29 is 17.9 Å². The molecule has 2 N–H and O–H groups in total. The zero-order chi connectivity index (χ0) is 14.8. The average Bonchev–Trinajstić information content (AvgIpc) is 2.88. The van der Waals surface area contributed by atoms with E-state index in [1.54, 1.807) is 6.92 Å². The lowest BCUT2D eigenvalue weighted by atomic mass is 10.1. The third-order valence-electron chi connectivity index (χ3n) is 2.75. The summed E-state index contributed by atoms with van der Waals surface area (Å²) >= 11 is 1.50. The van der Waals surface area contributed by atoms with Crippen molar-refractivity contribution in [1.82, 2.24) is 0 Å². The number of hydrogen-bond donors (Lipinski definition) is 1. The van der Waals surface area contributed by atoms with E-state index in [0.717, 1.165) is 17.0 Å². The third kappa shape index (κ3) is 3.52. The molecule has 0 saturated heterocycles. The number of nitrogens with two attached hydrogens (primary N) is 1. The first kappa shape index (κ1) is 14.9. The van der Waals surface area contributed by atoms with Gasteiger partial charge in [-0.05, 0) is 42.6 Å². The number of benzene rings is 1. The second kappa shape index (κ2) is 5.85. The summed E-state index contributed by atoms with van der Waals surface area (Å²) in [6, 6.07) is 8.13. The van der Waals surface area contributed by atoms with E-state index >= 15 is 0 Å². The molecule has 0 radical (unpaired) electrons. The molecule has 2 rings (SSSR count). The minimum absolute atomic E-state index is 0.268. The van der Waals surface area contributed by atoms with Crippen LogP contribution < -0.4 is 10.5 Å². The van der Waals surface area contributed by atoms with Gasteiger partial charge in [-0.25, -0.2) is 0 Å². The summed E-state index contributed by atoms with van der Waals surface area (Å²) in [6.45, 7) is 1.80. The summed E-state index contributed by atoms with van der Waals surface area (Å²) in [6.07, 6.45) is -4.71. The molecule has 108 valence electrons. The highest BCUT2D eigenvalue weighted by Gasteiger charge is 2.30. The molecule has 0 aliphatic heterocycles. The van der Waals surface area contributed by atoms with E-state index < -0.39 is 11.7 Å². The van der Waals surface area contributed by atoms with Crippen molar-refractivity contribution in [1.29, 1.82) is 0 Å². The van der Waals surface area contributed by atoms with Crippen LogP contribution in [0.25, 0.3) is 0 Å². The fourth-order valence-electron chi connectivity index (χ4n) is 1.75. The van der Waals surface area contributed by atoms with Crippen molar-refractivity contribution in [2.45, 2.75) is 25.2 Å². The Morgan fingerprint density at radius 1 is 1.15 bits per heavy atom. The standard InChI is InChI=1S/C14H14F3NOS/c1-9(18)13(12-3-2-8-20-12)19-11-6-4-10(5-7-11)14(15,16)17/h2-9,13H,18H2,1H3. The third-order valence-corrected chi connectivity index (χ3v) is 3.68. The van der Waals surface area contributed by atoms with Crippen LogP contribution in [-0.4, -0.2) is 6.04 Å². The van der Waals surface area contributed by atoms with Gasteiger partial charge in [0.2, 0.25) is 0 Å². The molecule has 1 aromatic carbocycles. The monoisotopic (exact) mass is 301 g/mol. The second-order valence-corrected chi connectivity index (χ2v) is 5.41. The Morgan fingerprint density at radius 2 is 1.80 bits per heavy atom. The summed E-state index contributed by atoms with van der Waals surface area (Å²) in [4.78, 5) is 0.944. The molecule has 0 bridgehead atoms. The highest BCUT2D eigenvalue weighted by Crippen LogP contribution is 2.32. The molecule has 0 saturated carbocycles. The Hall–Kier alpha value is -1.53. The number of ether oxygens (including phenoxy) is 1. The van der Waals surface area contributed by atoms with Gasteiger partial charge in [-0.3, -0.25) is 0 Å². The first-order valence-electron chi connectivity index (χ1n) is 6.01. The molecule has 20 heavy (non-hydrogen) atoms. The summed E-state index contributed by atoms with van der Waals surface area (Å²) in [5.74, 6) is 0.369. The minimum Gasteiger partial charge on any atom is -0.483 e. The van der Waals surface area contributed by atoms with Crippen LogP contribution in [0, 0.1) is 0 Å². The van der Waals surface area contributed by atoms with Gasteiger partial charge in [0.1, 0.15) is 11.9 Å². The fourth-order valence-corrected chi connectivity index (χ4v) is 2.62. The average molecular weight is 301 g/mol. The maximum atomic E-state index is 12.5. The zero-order valence-corrected chi connectivity index (χ0v) is 11.5. The Kier molecular flexibility index (Phi) is 4.35. The van der Waals surface area contributed by atoms with Gasteiger partial charge in [0.05, 0.1) is 5.56 Å². The fraction of sp³-hybridized carbons (Fsp3) is 0.286. The molecule has 6 heteroatoms. The van der Waals surface area contributed by atoms with Gasteiger partial charge in [0.15, 0.2) is 0 Å².